The molecule has 114 valence electrons. The molecular weight excluding hydrogens is 266 g/mol. The Bertz CT molecular complexity index is 513. The number of hydrogen-bond donors (Lipinski definition) is 3. The number of nitrogens with one attached hydrogen (secondary N) is 2. The standard InChI is InChI=1S/C16H23N3O2/c1-10-4-3-5-14(11(10)2)19-15(20)12-6-8-13(9-7-12)18-16(17)21/h6-11,14H,3-5H2,1-2H3,(H,19,20)(H3,17,18,21)/t10-,11-,14+/m1/s1. The lowest BCUT2D eigenvalue weighted by molar-refractivity contribution is 0.0891. The summed E-state index contributed by atoms with van der Waals surface area (Å²) in [4.78, 5) is 23.0. The summed E-state index contributed by atoms with van der Waals surface area (Å²) in [6.45, 7) is 4.45. The van der Waals surface area contributed by atoms with Crippen molar-refractivity contribution in [1.82, 2.24) is 5.32 Å². The Hall–Kier alpha value is -2.04. The van der Waals surface area contributed by atoms with E-state index >= 15 is 0 Å². The van der Waals surface area contributed by atoms with Crippen LogP contribution in [0.3, 0.4) is 0 Å². The minimum Gasteiger partial charge on any atom is -0.351 e. The second-order valence-corrected chi connectivity index (χ2v) is 5.91. The fourth-order valence-electron chi connectivity index (χ4n) is 2.88. The van der Waals surface area contributed by atoms with Crippen molar-refractivity contribution in [3.05, 3.63) is 29.8 Å². The molecule has 0 aliphatic heterocycles. The molecule has 1 aromatic carbocycles. The first-order chi connectivity index (χ1) is 9.97. The second-order valence-electron chi connectivity index (χ2n) is 5.91. The van der Waals surface area contributed by atoms with Crippen molar-refractivity contribution in [3.63, 3.8) is 0 Å². The highest BCUT2D eigenvalue weighted by Crippen LogP contribution is 2.29. The average molecular weight is 289 g/mol. The molecule has 2 rings (SSSR count). The second kappa shape index (κ2) is 6.61. The van der Waals surface area contributed by atoms with Crippen LogP contribution in [0.5, 0.6) is 0 Å². The molecule has 3 atom stereocenters. The van der Waals surface area contributed by atoms with Crippen molar-refractivity contribution in [2.24, 2.45) is 17.6 Å². The van der Waals surface area contributed by atoms with Gasteiger partial charge in [0.25, 0.3) is 5.91 Å². The van der Waals surface area contributed by atoms with Gasteiger partial charge >= 0.3 is 6.03 Å². The molecule has 5 nitrogen and oxygen atoms in total. The topological polar surface area (TPSA) is 84.2 Å². The van der Waals surface area contributed by atoms with E-state index in [0.717, 1.165) is 12.8 Å². The van der Waals surface area contributed by atoms with Crippen molar-refractivity contribution in [2.75, 3.05) is 5.32 Å². The van der Waals surface area contributed by atoms with E-state index in [4.69, 9.17) is 5.73 Å². The molecule has 1 aliphatic rings. The molecule has 1 fully saturated rings. The third kappa shape index (κ3) is 3.97. The van der Waals surface area contributed by atoms with E-state index in [1.807, 2.05) is 0 Å². The predicted molar refractivity (Wildman–Crippen MR) is 83.1 cm³/mol. The highest BCUT2D eigenvalue weighted by atomic mass is 16.2. The van der Waals surface area contributed by atoms with Gasteiger partial charge in [0.15, 0.2) is 0 Å². The van der Waals surface area contributed by atoms with Crippen LogP contribution in [-0.4, -0.2) is 18.0 Å². The van der Waals surface area contributed by atoms with Crippen molar-refractivity contribution in [3.8, 4) is 0 Å². The molecule has 5 heteroatoms. The quantitative estimate of drug-likeness (QED) is 0.799. The van der Waals surface area contributed by atoms with Crippen LogP contribution in [0.25, 0.3) is 0 Å². The highest BCUT2D eigenvalue weighted by molar-refractivity contribution is 5.95. The molecular formula is C16H23N3O2. The summed E-state index contributed by atoms with van der Waals surface area (Å²) in [7, 11) is 0. The maximum Gasteiger partial charge on any atom is 0.316 e. The van der Waals surface area contributed by atoms with E-state index < -0.39 is 6.03 Å². The molecule has 1 aromatic rings. The minimum absolute atomic E-state index is 0.0634. The van der Waals surface area contributed by atoms with Gasteiger partial charge in [-0.25, -0.2) is 4.79 Å². The molecule has 0 saturated heterocycles. The van der Waals surface area contributed by atoms with Gasteiger partial charge in [0.2, 0.25) is 0 Å². The van der Waals surface area contributed by atoms with Crippen LogP contribution in [0.1, 0.15) is 43.5 Å². The molecule has 0 bridgehead atoms. The van der Waals surface area contributed by atoms with Gasteiger partial charge in [0, 0.05) is 17.3 Å². The summed E-state index contributed by atoms with van der Waals surface area (Å²) in [5.74, 6) is 1.08. The zero-order valence-electron chi connectivity index (χ0n) is 12.6. The third-order valence-electron chi connectivity index (χ3n) is 4.44. The summed E-state index contributed by atoms with van der Waals surface area (Å²) in [6.07, 6.45) is 3.44. The summed E-state index contributed by atoms with van der Waals surface area (Å²) in [5, 5.41) is 5.60. The smallest absolute Gasteiger partial charge is 0.316 e. The number of primary amides is 1. The van der Waals surface area contributed by atoms with Gasteiger partial charge in [-0.15, -0.1) is 0 Å². The van der Waals surface area contributed by atoms with E-state index in [1.54, 1.807) is 24.3 Å². The Morgan fingerprint density at radius 1 is 1.14 bits per heavy atom. The number of amides is 3. The van der Waals surface area contributed by atoms with E-state index in [0.29, 0.717) is 23.1 Å². The first-order valence-electron chi connectivity index (χ1n) is 7.44. The van der Waals surface area contributed by atoms with Crippen LogP contribution in [0, 0.1) is 11.8 Å². The number of hydrogen-bond acceptors (Lipinski definition) is 2. The van der Waals surface area contributed by atoms with Crippen molar-refractivity contribution >= 4 is 17.6 Å². The van der Waals surface area contributed by atoms with Crippen LogP contribution >= 0.6 is 0 Å². The van der Waals surface area contributed by atoms with Crippen molar-refractivity contribution in [1.29, 1.82) is 0 Å². The molecule has 0 aromatic heterocycles. The summed E-state index contributed by atoms with van der Waals surface area (Å²) in [5.41, 5.74) is 6.22. The Balaban J connectivity index is 1.98. The van der Waals surface area contributed by atoms with E-state index in [-0.39, 0.29) is 11.9 Å². The van der Waals surface area contributed by atoms with E-state index in [1.165, 1.54) is 6.42 Å². The first kappa shape index (κ1) is 15.4. The van der Waals surface area contributed by atoms with Gasteiger partial charge in [-0.05, 0) is 42.5 Å². The number of urea groups is 1. The van der Waals surface area contributed by atoms with E-state index in [2.05, 4.69) is 24.5 Å². The molecule has 0 unspecified atom stereocenters. The lowest BCUT2D eigenvalue weighted by atomic mass is 9.78. The first-order valence-corrected chi connectivity index (χ1v) is 7.44. The van der Waals surface area contributed by atoms with Gasteiger partial charge in [-0.1, -0.05) is 26.7 Å². The average Bonchev–Trinajstić information content (AvgIpc) is 2.44. The maximum absolute atomic E-state index is 12.3. The van der Waals surface area contributed by atoms with Crippen LogP contribution in [0.4, 0.5) is 10.5 Å². The Morgan fingerprint density at radius 3 is 2.43 bits per heavy atom. The fourth-order valence-corrected chi connectivity index (χ4v) is 2.88. The summed E-state index contributed by atoms with van der Waals surface area (Å²) in [6, 6.07) is 6.36. The Kier molecular flexibility index (Phi) is 4.83. The lowest BCUT2D eigenvalue weighted by Gasteiger charge is -2.34. The van der Waals surface area contributed by atoms with Gasteiger partial charge in [0.1, 0.15) is 0 Å². The number of rotatable bonds is 3. The van der Waals surface area contributed by atoms with Crippen LogP contribution in [0.15, 0.2) is 24.3 Å². The summed E-state index contributed by atoms with van der Waals surface area (Å²) >= 11 is 0. The number of benzene rings is 1. The normalized spacial score (nSPS) is 25.1. The minimum atomic E-state index is -0.614. The van der Waals surface area contributed by atoms with Gasteiger partial charge in [0.05, 0.1) is 0 Å². The summed E-state index contributed by atoms with van der Waals surface area (Å²) < 4.78 is 0. The predicted octanol–water partition coefficient (Wildman–Crippen LogP) is 2.73. The Morgan fingerprint density at radius 2 is 1.81 bits per heavy atom. The molecule has 0 radical (unpaired) electrons. The zero-order valence-corrected chi connectivity index (χ0v) is 12.6. The zero-order chi connectivity index (χ0) is 15.4. The van der Waals surface area contributed by atoms with Gasteiger partial charge < -0.3 is 16.4 Å². The molecule has 3 amide bonds. The van der Waals surface area contributed by atoms with Crippen LogP contribution < -0.4 is 16.4 Å². The van der Waals surface area contributed by atoms with E-state index in [9.17, 15) is 9.59 Å². The maximum atomic E-state index is 12.3. The number of carbonyl (C=O) groups is 2. The molecule has 0 spiro atoms. The number of anilines is 1. The molecule has 1 aliphatic carbocycles. The van der Waals surface area contributed by atoms with Crippen molar-refractivity contribution < 1.29 is 9.59 Å². The molecule has 4 N–H and O–H groups in total. The molecule has 1 saturated carbocycles. The largest absolute Gasteiger partial charge is 0.351 e. The monoisotopic (exact) mass is 289 g/mol. The van der Waals surface area contributed by atoms with Gasteiger partial charge in [-0.3, -0.25) is 4.79 Å². The fraction of sp³-hybridized carbons (Fsp3) is 0.500. The van der Waals surface area contributed by atoms with Crippen LogP contribution in [0.2, 0.25) is 0 Å². The van der Waals surface area contributed by atoms with Crippen molar-refractivity contribution in [2.45, 2.75) is 39.2 Å². The number of carbonyl (C=O) groups excluding carboxylic acids is 2. The third-order valence-corrected chi connectivity index (χ3v) is 4.44. The van der Waals surface area contributed by atoms with Gasteiger partial charge in [-0.2, -0.15) is 0 Å². The number of nitrogens with two attached hydrogens (primary N) is 1. The van der Waals surface area contributed by atoms with Crippen LogP contribution in [-0.2, 0) is 0 Å². The Labute approximate surface area is 125 Å². The molecule has 0 heterocycles. The SMILES string of the molecule is C[C@@H]1[C@H](C)CCC[C@@H]1NC(=O)c1ccc(NC(N)=O)cc1. The highest BCUT2D eigenvalue weighted by Gasteiger charge is 2.28. The lowest BCUT2D eigenvalue weighted by Crippen LogP contribution is -2.43. The molecule has 21 heavy (non-hydrogen) atoms.